The van der Waals surface area contributed by atoms with Crippen molar-refractivity contribution in [2.24, 2.45) is 0 Å². The molecule has 0 saturated heterocycles. The molecule has 11 nitrogen and oxygen atoms in total. The van der Waals surface area contributed by atoms with Crippen LogP contribution in [0.25, 0.3) is 96.6 Å². The van der Waals surface area contributed by atoms with Gasteiger partial charge in [0, 0.05) is 90.4 Å². The van der Waals surface area contributed by atoms with Crippen LogP contribution < -0.4 is 15.7 Å². The Morgan fingerprint density at radius 3 is 1.72 bits per heavy atom. The van der Waals surface area contributed by atoms with Gasteiger partial charge >= 0.3 is 0 Å². The smallest absolute Gasteiger partial charge is 0.261 e. The van der Waals surface area contributed by atoms with E-state index in [0.29, 0.717) is 59.3 Å². The topological polar surface area (TPSA) is 142 Å². The third-order valence-corrected chi connectivity index (χ3v) is 28.0. The molecular formula is C77H79N5O6S3Si. The Kier molecular flexibility index (Phi) is 17.0. The first-order chi connectivity index (χ1) is 44.5. The number of amides is 4. The molecular weight excluding hydrogens is 1220 g/mol. The Morgan fingerprint density at radius 1 is 0.522 bits per heavy atom. The number of hydrogen-bond donors (Lipinski definition) is 2. The monoisotopic (exact) mass is 1290 g/mol. The molecule has 92 heavy (non-hydrogen) atoms. The highest BCUT2D eigenvalue weighted by atomic mass is 32.1. The van der Waals surface area contributed by atoms with E-state index in [1.807, 2.05) is 72.9 Å². The van der Waals surface area contributed by atoms with Crippen LogP contribution in [0.5, 0.6) is 0 Å². The number of aliphatic hydroxyl groups is 1. The van der Waals surface area contributed by atoms with Crippen LogP contribution in [-0.2, 0) is 4.74 Å². The summed E-state index contributed by atoms with van der Waals surface area (Å²) in [6.07, 6.45) is 12.3. The molecule has 0 saturated carbocycles. The molecule has 0 fully saturated rings. The Morgan fingerprint density at radius 2 is 1.05 bits per heavy atom. The molecule has 6 heterocycles. The van der Waals surface area contributed by atoms with Gasteiger partial charge in [0.1, 0.15) is 19.1 Å². The standard InChI is InChI=1S/C77H79N5O6S3Si/c1-43-21-23-51-52-24-22-49(73-47(5)39-62(90-73)54-26-25-53(71-72(54)80-91-79-71)61-38-44(2)48(6)89-61)40-64(52)92(8,63(51)35-43)34-20-16-12-9-13-17-31-78-41-50(83)42-88-33-19-15-11-10-14-18-32-82-76(86)58-30-28-56-65-45(3)36-59-67-57(74(84)81(7)75(59)85)29-27-55(69(65)67)66-46(4)37-60(77(82)87)68(58)70(56)66/h21-30,35-40,50,78,83H,9-20,31-34,41-42H2,1-8H3. The van der Waals surface area contributed by atoms with Gasteiger partial charge in [-0.1, -0.05) is 131 Å². The normalized spacial score (nSPS) is 15.7. The van der Waals surface area contributed by atoms with Crippen molar-refractivity contribution >= 4 is 131 Å². The minimum Gasteiger partial charge on any atom is -0.389 e. The fourth-order valence-corrected chi connectivity index (χ4v) is 22.7. The van der Waals surface area contributed by atoms with Crippen LogP contribution in [0.2, 0.25) is 12.6 Å². The maximum Gasteiger partial charge on any atom is 0.261 e. The number of aryl methyl sites for hydroxylation is 6. The maximum atomic E-state index is 14.3. The van der Waals surface area contributed by atoms with Gasteiger partial charge in [0.15, 0.2) is 0 Å². The lowest BCUT2D eigenvalue weighted by Crippen LogP contribution is -2.52. The summed E-state index contributed by atoms with van der Waals surface area (Å²) in [7, 11) is -0.486. The molecule has 8 aromatic carbocycles. The summed E-state index contributed by atoms with van der Waals surface area (Å²) in [6.45, 7) is 18.2. The average Bonchev–Trinajstić information content (AvgIpc) is 1.67. The molecule has 3 aliphatic rings. The van der Waals surface area contributed by atoms with E-state index in [-0.39, 0.29) is 23.6 Å². The minimum atomic E-state index is -2.01. The van der Waals surface area contributed by atoms with E-state index in [4.69, 9.17) is 13.5 Å². The first kappa shape index (κ1) is 62.1. The van der Waals surface area contributed by atoms with E-state index in [1.165, 1.54) is 125 Å². The molecule has 11 aromatic rings. The number of aliphatic hydroxyl groups excluding tert-OH is 1. The number of carbonyl (C=O) groups excluding carboxylic acids is 4. The summed E-state index contributed by atoms with van der Waals surface area (Å²) in [4.78, 5) is 63.1. The second-order valence-electron chi connectivity index (χ2n) is 26.6. The van der Waals surface area contributed by atoms with Crippen LogP contribution >= 0.6 is 34.4 Å². The second-order valence-corrected chi connectivity index (χ2v) is 33.7. The summed E-state index contributed by atoms with van der Waals surface area (Å²) in [5.74, 6) is -1.17. The van der Waals surface area contributed by atoms with Crippen LogP contribution in [0.1, 0.15) is 151 Å². The van der Waals surface area contributed by atoms with Crippen molar-refractivity contribution in [3.8, 4) is 42.4 Å². The zero-order valence-electron chi connectivity index (χ0n) is 54.0. The second kappa shape index (κ2) is 25.2. The van der Waals surface area contributed by atoms with E-state index < -0.39 is 14.2 Å². The minimum absolute atomic E-state index is 0.262. The average molecular weight is 1290 g/mol. The summed E-state index contributed by atoms with van der Waals surface area (Å²) in [5.41, 5.74) is 16.4. The van der Waals surface area contributed by atoms with E-state index in [1.54, 1.807) is 10.4 Å². The first-order valence-electron chi connectivity index (χ1n) is 33.1. The van der Waals surface area contributed by atoms with Crippen LogP contribution in [0, 0.1) is 41.5 Å². The number of nitrogens with one attached hydrogen (secondary N) is 1. The first-order valence-corrected chi connectivity index (χ1v) is 38.2. The lowest BCUT2D eigenvalue weighted by molar-refractivity contribution is 0.0355. The number of thiophene rings is 2. The predicted octanol–water partition coefficient (Wildman–Crippen LogP) is 17.1. The zero-order valence-corrected chi connectivity index (χ0v) is 57.5. The molecule has 3 aromatic heterocycles. The van der Waals surface area contributed by atoms with Crippen LogP contribution in [0.3, 0.4) is 0 Å². The number of hydrogen-bond acceptors (Lipinski definition) is 12. The van der Waals surface area contributed by atoms with Crippen molar-refractivity contribution in [2.75, 3.05) is 39.9 Å². The number of ether oxygens (including phenoxy) is 1. The number of benzene rings is 8. The maximum absolute atomic E-state index is 14.3. The lowest BCUT2D eigenvalue weighted by atomic mass is 9.79. The molecule has 2 N–H and O–H groups in total. The lowest BCUT2D eigenvalue weighted by Gasteiger charge is -2.30. The Bertz CT molecular complexity index is 4790. The number of unbranched alkanes of at least 4 members (excludes halogenated alkanes) is 10. The van der Waals surface area contributed by atoms with Gasteiger partial charge in [-0.05, 0) is 191 Å². The van der Waals surface area contributed by atoms with E-state index in [9.17, 15) is 24.3 Å². The largest absolute Gasteiger partial charge is 0.389 e. The molecule has 4 amide bonds. The number of nitrogens with zero attached hydrogens (tertiary/aromatic N) is 4. The summed E-state index contributed by atoms with van der Waals surface area (Å²) in [6, 6.07) is 36.3. The number of imide groups is 2. The highest BCUT2D eigenvalue weighted by Crippen LogP contribution is 2.49. The Labute approximate surface area is 551 Å². The predicted molar refractivity (Wildman–Crippen MR) is 384 cm³/mol. The summed E-state index contributed by atoms with van der Waals surface area (Å²) < 4.78 is 15.5. The van der Waals surface area contributed by atoms with E-state index >= 15 is 0 Å². The van der Waals surface area contributed by atoms with Crippen LogP contribution in [-0.4, -0.2) is 101 Å². The molecule has 3 aliphatic heterocycles. The van der Waals surface area contributed by atoms with Crippen molar-refractivity contribution in [1.82, 2.24) is 23.9 Å². The molecule has 2 unspecified atom stereocenters. The molecule has 0 spiro atoms. The van der Waals surface area contributed by atoms with Crippen LogP contribution in [0.4, 0.5) is 0 Å². The third kappa shape index (κ3) is 10.7. The van der Waals surface area contributed by atoms with Gasteiger partial charge in [-0.3, -0.25) is 29.0 Å². The molecule has 0 aliphatic carbocycles. The van der Waals surface area contributed by atoms with E-state index in [0.717, 1.165) is 112 Å². The van der Waals surface area contributed by atoms with E-state index in [2.05, 4.69) is 100 Å². The van der Waals surface area contributed by atoms with Gasteiger partial charge in [-0.15, -0.1) is 22.7 Å². The van der Waals surface area contributed by atoms with Gasteiger partial charge in [0.2, 0.25) is 0 Å². The third-order valence-electron chi connectivity index (χ3n) is 20.4. The van der Waals surface area contributed by atoms with Crippen molar-refractivity contribution < 1.29 is 29.0 Å². The number of carbonyl (C=O) groups is 4. The van der Waals surface area contributed by atoms with Crippen molar-refractivity contribution in [3.05, 3.63) is 152 Å². The highest BCUT2D eigenvalue weighted by molar-refractivity contribution is 7.19. The number of fused-ring (bicyclic) bond motifs is 6. The number of aromatic nitrogens is 2. The molecule has 0 bridgehead atoms. The Hall–Kier alpha value is -7.34. The number of rotatable bonds is 25. The van der Waals surface area contributed by atoms with Gasteiger partial charge in [-0.25, -0.2) is 0 Å². The molecule has 2 atom stereocenters. The zero-order chi connectivity index (χ0) is 63.9. The Balaban J connectivity index is 0.492. The van der Waals surface area contributed by atoms with Gasteiger partial charge in [0.05, 0.1) is 24.4 Å². The van der Waals surface area contributed by atoms with Crippen molar-refractivity contribution in [1.29, 1.82) is 0 Å². The van der Waals surface area contributed by atoms with Crippen molar-refractivity contribution in [3.63, 3.8) is 0 Å². The molecule has 15 heteroatoms. The molecule has 470 valence electrons. The van der Waals surface area contributed by atoms with Gasteiger partial charge in [-0.2, -0.15) is 8.75 Å². The molecule has 14 rings (SSSR count). The highest BCUT2D eigenvalue weighted by Gasteiger charge is 2.42. The molecule has 0 radical (unpaired) electrons. The van der Waals surface area contributed by atoms with Crippen LogP contribution in [0.15, 0.2) is 97.1 Å². The fraction of sp³-hybridized carbons (Fsp3) is 0.351. The summed E-state index contributed by atoms with van der Waals surface area (Å²) in [5, 5.41) is 24.1. The quantitative estimate of drug-likeness (QED) is 0.0188. The van der Waals surface area contributed by atoms with Crippen molar-refractivity contribution in [2.45, 2.75) is 137 Å². The fourth-order valence-electron chi connectivity index (χ4n) is 15.4. The summed E-state index contributed by atoms with van der Waals surface area (Å²) >= 11 is 5.02. The SMILES string of the molecule is Cc1ccc2c(c1)[Si](C)(CCCCCCCCNCC(O)COCCCCCCCCN1C(=O)c3ccc4c5c(C)cc6c7c(ccc(c8c(C)cc(c3c48)C1=O)c75)C(=O)N(C)C6=O)c1cc(-c3sc(-c4ccc(-c5cc(C)c(C)s5)c5nsnc45)cc3C)ccc1-2. The van der Waals surface area contributed by atoms with Gasteiger partial charge in [0.25, 0.3) is 23.6 Å². The van der Waals surface area contributed by atoms with Gasteiger partial charge < -0.3 is 15.2 Å².